The number of rotatable bonds is 5. The first-order chi connectivity index (χ1) is 11.8. The molecule has 132 valence electrons. The third-order valence-corrected chi connectivity index (χ3v) is 3.38. The highest BCUT2D eigenvalue weighted by molar-refractivity contribution is 14.0. The molecule has 9 heteroatoms. The molecule has 0 aliphatic heterocycles. The SMILES string of the molecule is CCNC(=NCc1ccnc(C)n1)NCc1nnc2ccccn12.I. The van der Waals surface area contributed by atoms with E-state index in [2.05, 4.69) is 35.8 Å². The summed E-state index contributed by atoms with van der Waals surface area (Å²) in [6.07, 6.45) is 3.69. The van der Waals surface area contributed by atoms with Gasteiger partial charge in [0, 0.05) is 18.9 Å². The van der Waals surface area contributed by atoms with Crippen LogP contribution in [0.4, 0.5) is 0 Å². The maximum Gasteiger partial charge on any atom is 0.192 e. The molecule has 8 nitrogen and oxygen atoms in total. The fourth-order valence-electron chi connectivity index (χ4n) is 2.27. The van der Waals surface area contributed by atoms with E-state index in [-0.39, 0.29) is 24.0 Å². The zero-order chi connectivity index (χ0) is 16.8. The molecule has 3 rings (SSSR count). The van der Waals surface area contributed by atoms with Crippen LogP contribution in [-0.4, -0.2) is 37.1 Å². The zero-order valence-electron chi connectivity index (χ0n) is 14.2. The van der Waals surface area contributed by atoms with Crippen LogP contribution in [0.2, 0.25) is 0 Å². The van der Waals surface area contributed by atoms with Crippen LogP contribution >= 0.6 is 24.0 Å². The van der Waals surface area contributed by atoms with Crippen LogP contribution in [0, 0.1) is 6.92 Å². The Morgan fingerprint density at radius 1 is 1.20 bits per heavy atom. The van der Waals surface area contributed by atoms with Crippen molar-refractivity contribution in [1.29, 1.82) is 0 Å². The van der Waals surface area contributed by atoms with Crippen LogP contribution in [0.1, 0.15) is 24.3 Å². The summed E-state index contributed by atoms with van der Waals surface area (Å²) in [7, 11) is 0. The van der Waals surface area contributed by atoms with E-state index in [1.165, 1.54) is 0 Å². The number of fused-ring (bicyclic) bond motifs is 1. The molecule has 3 aromatic rings. The maximum atomic E-state index is 4.55. The lowest BCUT2D eigenvalue weighted by Gasteiger charge is -2.10. The van der Waals surface area contributed by atoms with Gasteiger partial charge >= 0.3 is 0 Å². The number of hydrogen-bond acceptors (Lipinski definition) is 5. The molecule has 0 saturated heterocycles. The minimum atomic E-state index is 0. The zero-order valence-corrected chi connectivity index (χ0v) is 16.5. The number of hydrogen-bond donors (Lipinski definition) is 2. The summed E-state index contributed by atoms with van der Waals surface area (Å²) in [5.41, 5.74) is 1.71. The molecule has 3 heterocycles. The van der Waals surface area contributed by atoms with Gasteiger partial charge in [-0.05, 0) is 32.0 Å². The first-order valence-corrected chi connectivity index (χ1v) is 7.85. The molecule has 0 bridgehead atoms. The number of halogens is 1. The summed E-state index contributed by atoms with van der Waals surface area (Å²) in [4.78, 5) is 13.0. The standard InChI is InChI=1S/C16H20N8.HI/c1-3-17-16(19-10-13-7-8-18-12(2)21-13)20-11-15-23-22-14-6-4-5-9-24(14)15;/h4-9H,3,10-11H2,1-2H3,(H2,17,19,20);1H. The molecule has 0 spiro atoms. The summed E-state index contributed by atoms with van der Waals surface area (Å²) < 4.78 is 1.95. The molecule has 3 aromatic heterocycles. The second-order valence-corrected chi connectivity index (χ2v) is 5.19. The van der Waals surface area contributed by atoms with Crippen LogP contribution < -0.4 is 10.6 Å². The van der Waals surface area contributed by atoms with Gasteiger partial charge in [0.25, 0.3) is 0 Å². The van der Waals surface area contributed by atoms with Crippen LogP contribution in [-0.2, 0) is 13.1 Å². The van der Waals surface area contributed by atoms with E-state index in [0.29, 0.717) is 19.0 Å². The van der Waals surface area contributed by atoms with Crippen molar-refractivity contribution in [3.63, 3.8) is 0 Å². The van der Waals surface area contributed by atoms with Crippen molar-refractivity contribution < 1.29 is 0 Å². The van der Waals surface area contributed by atoms with E-state index in [4.69, 9.17) is 0 Å². The third kappa shape index (κ3) is 5.08. The van der Waals surface area contributed by atoms with Gasteiger partial charge < -0.3 is 10.6 Å². The minimum absolute atomic E-state index is 0. The number of aryl methyl sites for hydroxylation is 1. The van der Waals surface area contributed by atoms with Gasteiger partial charge in [-0.3, -0.25) is 4.40 Å². The van der Waals surface area contributed by atoms with Crippen LogP contribution in [0.5, 0.6) is 0 Å². The van der Waals surface area contributed by atoms with Crippen LogP contribution in [0.15, 0.2) is 41.7 Å². The number of aromatic nitrogens is 5. The summed E-state index contributed by atoms with van der Waals surface area (Å²) in [5.74, 6) is 2.28. The highest BCUT2D eigenvalue weighted by Gasteiger charge is 2.05. The number of aliphatic imine (C=N–C) groups is 1. The average molecular weight is 452 g/mol. The Balaban J connectivity index is 0.00000225. The van der Waals surface area contributed by atoms with Crippen molar-refractivity contribution in [2.24, 2.45) is 4.99 Å². The third-order valence-electron chi connectivity index (χ3n) is 3.38. The Bertz CT molecular complexity index is 845. The lowest BCUT2D eigenvalue weighted by atomic mass is 10.4. The van der Waals surface area contributed by atoms with Gasteiger partial charge in [-0.15, -0.1) is 34.2 Å². The molecule has 0 aromatic carbocycles. The molecule has 0 aliphatic carbocycles. The molecular formula is C16H21IN8. The van der Waals surface area contributed by atoms with Crippen molar-refractivity contribution in [2.45, 2.75) is 26.9 Å². The lowest BCUT2D eigenvalue weighted by molar-refractivity contribution is 0.762. The molecule has 25 heavy (non-hydrogen) atoms. The van der Waals surface area contributed by atoms with Gasteiger partial charge in [-0.2, -0.15) is 0 Å². The number of pyridine rings is 1. The van der Waals surface area contributed by atoms with E-state index in [1.807, 2.05) is 48.7 Å². The van der Waals surface area contributed by atoms with E-state index in [0.717, 1.165) is 29.5 Å². The molecular weight excluding hydrogens is 431 g/mol. The largest absolute Gasteiger partial charge is 0.357 e. The summed E-state index contributed by atoms with van der Waals surface area (Å²) >= 11 is 0. The quantitative estimate of drug-likeness (QED) is 0.348. The summed E-state index contributed by atoms with van der Waals surface area (Å²) in [6, 6.07) is 7.69. The number of nitrogens with zero attached hydrogens (tertiary/aromatic N) is 6. The average Bonchev–Trinajstić information content (AvgIpc) is 3.01. The predicted molar refractivity (Wildman–Crippen MR) is 107 cm³/mol. The van der Waals surface area contributed by atoms with Crippen LogP contribution in [0.25, 0.3) is 5.65 Å². The van der Waals surface area contributed by atoms with Crippen LogP contribution in [0.3, 0.4) is 0 Å². The second-order valence-electron chi connectivity index (χ2n) is 5.19. The van der Waals surface area contributed by atoms with Gasteiger partial charge in [-0.1, -0.05) is 6.07 Å². The second kappa shape index (κ2) is 9.25. The van der Waals surface area contributed by atoms with Crippen molar-refractivity contribution in [2.75, 3.05) is 6.54 Å². The first kappa shape index (κ1) is 19.0. The topological polar surface area (TPSA) is 92.4 Å². The highest BCUT2D eigenvalue weighted by atomic mass is 127. The van der Waals surface area contributed by atoms with Gasteiger partial charge in [0.1, 0.15) is 5.82 Å². The van der Waals surface area contributed by atoms with Crippen molar-refractivity contribution in [3.8, 4) is 0 Å². The molecule has 0 radical (unpaired) electrons. The Morgan fingerprint density at radius 3 is 2.88 bits per heavy atom. The van der Waals surface area contributed by atoms with Gasteiger partial charge in [-0.25, -0.2) is 15.0 Å². The molecule has 0 amide bonds. The minimum Gasteiger partial charge on any atom is -0.357 e. The fraction of sp³-hybridized carbons (Fsp3) is 0.312. The normalized spacial score (nSPS) is 11.2. The molecule has 0 unspecified atom stereocenters. The highest BCUT2D eigenvalue weighted by Crippen LogP contribution is 2.02. The van der Waals surface area contributed by atoms with E-state index in [1.54, 1.807) is 6.20 Å². The summed E-state index contributed by atoms with van der Waals surface area (Å²) in [6.45, 7) is 5.68. The number of guanidine groups is 1. The van der Waals surface area contributed by atoms with Crippen molar-refractivity contribution >= 4 is 35.6 Å². The van der Waals surface area contributed by atoms with Gasteiger partial charge in [0.2, 0.25) is 0 Å². The Hall–Kier alpha value is -2.30. The smallest absolute Gasteiger partial charge is 0.192 e. The first-order valence-electron chi connectivity index (χ1n) is 7.85. The molecule has 0 aliphatic rings. The Morgan fingerprint density at radius 2 is 2.08 bits per heavy atom. The molecule has 2 N–H and O–H groups in total. The van der Waals surface area contributed by atoms with Crippen molar-refractivity contribution in [1.82, 2.24) is 35.2 Å². The predicted octanol–water partition coefficient (Wildman–Crippen LogP) is 1.70. The Kier molecular flexibility index (Phi) is 7.04. The van der Waals surface area contributed by atoms with E-state index < -0.39 is 0 Å². The van der Waals surface area contributed by atoms with E-state index >= 15 is 0 Å². The molecule has 0 saturated carbocycles. The number of nitrogens with one attached hydrogen (secondary N) is 2. The summed E-state index contributed by atoms with van der Waals surface area (Å²) in [5, 5.41) is 14.8. The maximum absolute atomic E-state index is 4.55. The monoisotopic (exact) mass is 452 g/mol. The lowest BCUT2D eigenvalue weighted by Crippen LogP contribution is -2.37. The van der Waals surface area contributed by atoms with Gasteiger partial charge in [0.05, 0.1) is 18.8 Å². The van der Waals surface area contributed by atoms with Gasteiger partial charge in [0.15, 0.2) is 17.4 Å². The Labute approximate surface area is 163 Å². The van der Waals surface area contributed by atoms with E-state index in [9.17, 15) is 0 Å². The molecule has 0 fully saturated rings. The fourth-order valence-corrected chi connectivity index (χ4v) is 2.27. The molecule has 0 atom stereocenters. The van der Waals surface area contributed by atoms with Crippen molar-refractivity contribution in [3.05, 3.63) is 54.0 Å².